The third kappa shape index (κ3) is 2.00. The minimum Gasteiger partial charge on any atom is -0.378 e. The van der Waals surface area contributed by atoms with Gasteiger partial charge in [-0.25, -0.2) is 0 Å². The van der Waals surface area contributed by atoms with Gasteiger partial charge in [0.1, 0.15) is 0 Å². The van der Waals surface area contributed by atoms with Crippen LogP contribution < -0.4 is 5.32 Å². The number of ether oxygens (including phenoxy) is 2. The van der Waals surface area contributed by atoms with Crippen molar-refractivity contribution in [1.82, 2.24) is 5.32 Å². The van der Waals surface area contributed by atoms with Gasteiger partial charge in [0.2, 0.25) is 0 Å². The molecule has 0 amide bonds. The molecule has 4 rings (SSSR count). The third-order valence-corrected chi connectivity index (χ3v) is 5.75. The van der Waals surface area contributed by atoms with Crippen LogP contribution in [-0.4, -0.2) is 37.5 Å². The summed E-state index contributed by atoms with van der Waals surface area (Å²) < 4.78 is 11.6. The summed E-state index contributed by atoms with van der Waals surface area (Å²) in [5, 5.41) is 3.96. The molecule has 3 nitrogen and oxygen atoms in total. The van der Waals surface area contributed by atoms with Crippen LogP contribution in [-0.2, 0) is 9.47 Å². The maximum absolute atomic E-state index is 6.02. The Morgan fingerprint density at radius 1 is 1.06 bits per heavy atom. The number of hydrogen-bond donors (Lipinski definition) is 1. The lowest BCUT2D eigenvalue weighted by Gasteiger charge is -2.39. The molecule has 5 atom stereocenters. The van der Waals surface area contributed by atoms with Crippen molar-refractivity contribution in [2.45, 2.75) is 62.6 Å². The molecule has 3 heteroatoms. The molecule has 5 unspecified atom stereocenters. The molecule has 2 aliphatic heterocycles. The number of nitrogens with one attached hydrogen (secondary N) is 1. The summed E-state index contributed by atoms with van der Waals surface area (Å²) >= 11 is 0. The van der Waals surface area contributed by atoms with E-state index < -0.39 is 0 Å². The van der Waals surface area contributed by atoms with Crippen LogP contribution in [0, 0.1) is 11.8 Å². The van der Waals surface area contributed by atoms with Gasteiger partial charge in [-0.15, -0.1) is 0 Å². The van der Waals surface area contributed by atoms with Gasteiger partial charge in [-0.3, -0.25) is 0 Å². The van der Waals surface area contributed by atoms with Gasteiger partial charge < -0.3 is 14.8 Å². The molecule has 18 heavy (non-hydrogen) atoms. The van der Waals surface area contributed by atoms with Gasteiger partial charge in [-0.05, 0) is 43.9 Å². The maximum atomic E-state index is 6.02. The van der Waals surface area contributed by atoms with Crippen molar-refractivity contribution in [1.29, 1.82) is 0 Å². The maximum Gasteiger partial charge on any atom is 0.0951 e. The first-order chi connectivity index (χ1) is 8.83. The van der Waals surface area contributed by atoms with E-state index in [1.54, 1.807) is 0 Å². The molecule has 0 aromatic rings. The predicted molar refractivity (Wildman–Crippen MR) is 69.5 cm³/mol. The van der Waals surface area contributed by atoms with Crippen LogP contribution in [0.3, 0.4) is 0 Å². The highest BCUT2D eigenvalue weighted by Crippen LogP contribution is 2.45. The van der Waals surface area contributed by atoms with Gasteiger partial charge >= 0.3 is 0 Å². The topological polar surface area (TPSA) is 30.5 Å². The Morgan fingerprint density at radius 2 is 2.06 bits per heavy atom. The largest absolute Gasteiger partial charge is 0.378 e. The van der Waals surface area contributed by atoms with Gasteiger partial charge in [0, 0.05) is 31.7 Å². The van der Waals surface area contributed by atoms with Crippen LogP contribution in [0.15, 0.2) is 0 Å². The van der Waals surface area contributed by atoms with Crippen LogP contribution >= 0.6 is 0 Å². The average Bonchev–Trinajstić information content (AvgIpc) is 3.06. The van der Waals surface area contributed by atoms with Crippen molar-refractivity contribution >= 4 is 0 Å². The van der Waals surface area contributed by atoms with Crippen molar-refractivity contribution in [2.24, 2.45) is 11.8 Å². The van der Waals surface area contributed by atoms with E-state index in [9.17, 15) is 0 Å². The molecular weight excluding hydrogens is 226 g/mol. The van der Waals surface area contributed by atoms with Crippen LogP contribution in [0.2, 0.25) is 0 Å². The molecule has 102 valence electrons. The Hall–Kier alpha value is -0.120. The second-order valence-corrected chi connectivity index (χ2v) is 6.97. The first-order valence-corrected chi connectivity index (χ1v) is 7.81. The highest BCUT2D eigenvalue weighted by atomic mass is 16.6. The lowest BCUT2D eigenvalue weighted by Crippen LogP contribution is -2.51. The highest BCUT2D eigenvalue weighted by molar-refractivity contribution is 4.98. The fraction of sp³-hybridized carbons (Fsp3) is 1.00. The zero-order valence-electron chi connectivity index (χ0n) is 11.2. The Labute approximate surface area is 110 Å². The Morgan fingerprint density at radius 3 is 2.78 bits per heavy atom. The van der Waals surface area contributed by atoms with Crippen LogP contribution in [0.25, 0.3) is 0 Å². The van der Waals surface area contributed by atoms with E-state index in [0.29, 0.717) is 6.04 Å². The van der Waals surface area contributed by atoms with E-state index in [4.69, 9.17) is 9.47 Å². The zero-order valence-corrected chi connectivity index (χ0v) is 11.2. The second kappa shape index (κ2) is 4.46. The molecule has 1 spiro atoms. The quantitative estimate of drug-likeness (QED) is 0.815. The van der Waals surface area contributed by atoms with E-state index in [1.165, 1.54) is 38.5 Å². The van der Waals surface area contributed by atoms with E-state index >= 15 is 0 Å². The third-order valence-electron chi connectivity index (χ3n) is 5.75. The summed E-state index contributed by atoms with van der Waals surface area (Å²) in [7, 11) is 0. The smallest absolute Gasteiger partial charge is 0.0951 e. The Balaban J connectivity index is 1.37. The lowest BCUT2D eigenvalue weighted by atomic mass is 9.87. The standard InChI is InChI=1S/C15H25NO2/c1-2-12-7-11(1)8-14(12)16-13-3-5-18-15(9-13)4-6-17-10-15/h11-14,16H,1-10H2. The number of rotatable bonds is 2. The molecule has 2 saturated heterocycles. The summed E-state index contributed by atoms with van der Waals surface area (Å²) in [5.41, 5.74) is 0.0630. The molecular formula is C15H25NO2. The van der Waals surface area contributed by atoms with E-state index in [2.05, 4.69) is 5.32 Å². The molecule has 2 heterocycles. The number of fused-ring (bicyclic) bond motifs is 2. The first-order valence-electron chi connectivity index (χ1n) is 7.81. The second-order valence-electron chi connectivity index (χ2n) is 6.97. The number of hydrogen-bond acceptors (Lipinski definition) is 3. The summed E-state index contributed by atoms with van der Waals surface area (Å²) in [5.74, 6) is 2.02. The Bertz CT molecular complexity index is 314. The monoisotopic (exact) mass is 251 g/mol. The van der Waals surface area contributed by atoms with E-state index in [0.717, 1.165) is 44.1 Å². The summed E-state index contributed by atoms with van der Waals surface area (Å²) in [6.07, 6.45) is 9.35. The zero-order chi connectivity index (χ0) is 12.0. The molecule has 1 N–H and O–H groups in total. The van der Waals surface area contributed by atoms with Crippen molar-refractivity contribution in [2.75, 3.05) is 19.8 Å². The minimum absolute atomic E-state index is 0.0630. The summed E-state index contributed by atoms with van der Waals surface area (Å²) in [6, 6.07) is 1.48. The fourth-order valence-corrected chi connectivity index (χ4v) is 4.78. The molecule has 4 fully saturated rings. The molecule has 0 aromatic heterocycles. The molecule has 0 aromatic carbocycles. The van der Waals surface area contributed by atoms with Crippen LogP contribution in [0.4, 0.5) is 0 Å². The minimum atomic E-state index is 0.0630. The van der Waals surface area contributed by atoms with Crippen molar-refractivity contribution in [3.05, 3.63) is 0 Å². The molecule has 2 bridgehead atoms. The first kappa shape index (κ1) is 11.7. The molecule has 4 aliphatic rings. The average molecular weight is 251 g/mol. The van der Waals surface area contributed by atoms with Crippen LogP contribution in [0.5, 0.6) is 0 Å². The fourth-order valence-electron chi connectivity index (χ4n) is 4.78. The molecule has 0 radical (unpaired) electrons. The lowest BCUT2D eigenvalue weighted by molar-refractivity contribution is -0.0909. The predicted octanol–water partition coefficient (Wildman–Crippen LogP) is 2.10. The van der Waals surface area contributed by atoms with Crippen LogP contribution in [0.1, 0.15) is 44.9 Å². The van der Waals surface area contributed by atoms with E-state index in [1.807, 2.05) is 0 Å². The molecule has 2 aliphatic carbocycles. The summed E-state index contributed by atoms with van der Waals surface area (Å²) in [6.45, 7) is 2.63. The van der Waals surface area contributed by atoms with Gasteiger partial charge in [0.25, 0.3) is 0 Å². The highest BCUT2D eigenvalue weighted by Gasteiger charge is 2.44. The SMILES string of the molecule is C1CC2(CO1)CC(NC1CC3CCC1C3)CCO2. The van der Waals surface area contributed by atoms with Gasteiger partial charge in [0.05, 0.1) is 12.2 Å². The van der Waals surface area contributed by atoms with E-state index in [-0.39, 0.29) is 5.60 Å². The normalized spacial score (nSPS) is 51.3. The van der Waals surface area contributed by atoms with Crippen molar-refractivity contribution < 1.29 is 9.47 Å². The molecule has 2 saturated carbocycles. The van der Waals surface area contributed by atoms with Crippen molar-refractivity contribution in [3.63, 3.8) is 0 Å². The van der Waals surface area contributed by atoms with Crippen molar-refractivity contribution in [3.8, 4) is 0 Å². The Kier molecular flexibility index (Phi) is 2.90. The van der Waals surface area contributed by atoms with Gasteiger partial charge in [-0.2, -0.15) is 0 Å². The summed E-state index contributed by atoms with van der Waals surface area (Å²) in [4.78, 5) is 0. The van der Waals surface area contributed by atoms with Gasteiger partial charge in [0.15, 0.2) is 0 Å². The van der Waals surface area contributed by atoms with Gasteiger partial charge in [-0.1, -0.05) is 6.42 Å².